The Bertz CT molecular complexity index is 972. The molecule has 1 heterocycles. The smallest absolute Gasteiger partial charge is 0.319 e. The van der Waals surface area contributed by atoms with E-state index in [2.05, 4.69) is 27.7 Å². The van der Waals surface area contributed by atoms with Gasteiger partial charge in [-0.1, -0.05) is 23.7 Å². The molecule has 2 aromatic rings. The number of likely N-dealkylation sites (tertiary alicyclic amines) is 1. The van der Waals surface area contributed by atoms with Crippen molar-refractivity contribution in [2.24, 2.45) is 5.92 Å². The van der Waals surface area contributed by atoms with Gasteiger partial charge in [0.05, 0.1) is 27.0 Å². The van der Waals surface area contributed by atoms with Gasteiger partial charge in [-0.3, -0.25) is 4.90 Å². The lowest BCUT2D eigenvalue weighted by atomic mass is 9.89. The number of amides is 2. The van der Waals surface area contributed by atoms with Gasteiger partial charge in [-0.2, -0.15) is 0 Å². The van der Waals surface area contributed by atoms with Crippen molar-refractivity contribution >= 4 is 35.7 Å². The predicted octanol–water partition coefficient (Wildman–Crippen LogP) is 5.78. The van der Waals surface area contributed by atoms with Crippen LogP contribution in [-0.2, 0) is 6.42 Å². The average Bonchev–Trinajstić information content (AvgIpc) is 3.33. The van der Waals surface area contributed by atoms with Crippen molar-refractivity contribution in [3.05, 3.63) is 47.0 Å². The molecule has 2 fully saturated rings. The SMILES string of the molecule is COc1cc(NC(=O)NC2CCCC2N2CCC(Cc3ccc(Cl)cc3)CC2)cc(OC)c1OC.Cl. The second-order valence-corrected chi connectivity index (χ2v) is 9.86. The van der Waals surface area contributed by atoms with Crippen molar-refractivity contribution in [1.82, 2.24) is 10.2 Å². The van der Waals surface area contributed by atoms with E-state index in [0.29, 0.717) is 34.9 Å². The molecule has 0 bridgehead atoms. The minimum absolute atomic E-state index is 0. The molecule has 1 aliphatic heterocycles. The quantitative estimate of drug-likeness (QED) is 0.446. The molecule has 0 radical (unpaired) electrons. The number of carbonyl (C=O) groups excluding carboxylic acids is 1. The van der Waals surface area contributed by atoms with E-state index in [4.69, 9.17) is 25.8 Å². The molecule has 0 aromatic heterocycles. The Morgan fingerprint density at radius 2 is 1.61 bits per heavy atom. The third-order valence-corrected chi connectivity index (χ3v) is 7.53. The van der Waals surface area contributed by atoms with Gasteiger partial charge in [-0.15, -0.1) is 12.4 Å². The van der Waals surface area contributed by atoms with Gasteiger partial charge < -0.3 is 24.8 Å². The highest BCUT2D eigenvalue weighted by atomic mass is 35.5. The molecule has 4 rings (SSSR count). The first-order valence-corrected chi connectivity index (χ1v) is 12.7. The fourth-order valence-corrected chi connectivity index (χ4v) is 5.60. The van der Waals surface area contributed by atoms with E-state index >= 15 is 0 Å². The summed E-state index contributed by atoms with van der Waals surface area (Å²) >= 11 is 6.02. The molecule has 1 saturated heterocycles. The maximum Gasteiger partial charge on any atom is 0.319 e. The summed E-state index contributed by atoms with van der Waals surface area (Å²) in [6, 6.07) is 12.0. The fourth-order valence-electron chi connectivity index (χ4n) is 5.48. The highest BCUT2D eigenvalue weighted by Crippen LogP contribution is 2.40. The van der Waals surface area contributed by atoms with Crippen LogP contribution in [0.1, 0.15) is 37.7 Å². The highest BCUT2D eigenvalue weighted by molar-refractivity contribution is 6.30. The zero-order chi connectivity index (χ0) is 24.8. The van der Waals surface area contributed by atoms with Crippen LogP contribution >= 0.6 is 24.0 Å². The molecule has 0 spiro atoms. The van der Waals surface area contributed by atoms with Crippen LogP contribution in [0, 0.1) is 5.92 Å². The number of carbonyl (C=O) groups is 1. The molecule has 2 aromatic carbocycles. The minimum Gasteiger partial charge on any atom is -0.493 e. The van der Waals surface area contributed by atoms with E-state index < -0.39 is 0 Å². The van der Waals surface area contributed by atoms with Crippen LogP contribution in [0.4, 0.5) is 10.5 Å². The molecule has 1 aliphatic carbocycles. The Balaban J connectivity index is 0.00000361. The lowest BCUT2D eigenvalue weighted by Gasteiger charge is -2.38. The number of nitrogens with one attached hydrogen (secondary N) is 2. The molecular formula is C27H37Cl2N3O4. The molecule has 9 heteroatoms. The number of nitrogens with zero attached hydrogens (tertiary/aromatic N) is 1. The van der Waals surface area contributed by atoms with Crippen LogP contribution in [0.5, 0.6) is 17.2 Å². The zero-order valence-electron chi connectivity index (χ0n) is 21.2. The number of hydrogen-bond donors (Lipinski definition) is 2. The summed E-state index contributed by atoms with van der Waals surface area (Å²) in [7, 11) is 4.67. The van der Waals surface area contributed by atoms with Crippen molar-refractivity contribution in [3.63, 3.8) is 0 Å². The largest absolute Gasteiger partial charge is 0.493 e. The molecule has 36 heavy (non-hydrogen) atoms. The standard InChI is InChI=1S/C27H36ClN3O4.ClH/c1-33-24-16-21(17-25(34-2)26(24)35-3)29-27(32)30-22-5-4-6-23(22)31-13-11-19(12-14-31)15-18-7-9-20(28)10-8-18;/h7-10,16-17,19,22-23H,4-6,11-15H2,1-3H3,(H2,29,30,32);1H. The summed E-state index contributed by atoms with van der Waals surface area (Å²) in [5.74, 6) is 2.20. The molecule has 2 aliphatic rings. The Hall–Kier alpha value is -2.35. The lowest BCUT2D eigenvalue weighted by molar-refractivity contribution is 0.119. The molecule has 198 valence electrons. The van der Waals surface area contributed by atoms with E-state index in [1.54, 1.807) is 33.5 Å². The van der Waals surface area contributed by atoms with Gasteiger partial charge in [0.15, 0.2) is 11.5 Å². The summed E-state index contributed by atoms with van der Waals surface area (Å²) in [4.78, 5) is 15.4. The number of rotatable bonds is 8. The number of halogens is 2. The minimum atomic E-state index is -0.214. The maximum atomic E-state index is 12.9. The van der Waals surface area contributed by atoms with Crippen molar-refractivity contribution in [3.8, 4) is 17.2 Å². The van der Waals surface area contributed by atoms with Crippen molar-refractivity contribution in [2.75, 3.05) is 39.7 Å². The van der Waals surface area contributed by atoms with Crippen LogP contribution in [0.25, 0.3) is 0 Å². The Morgan fingerprint density at radius 1 is 0.972 bits per heavy atom. The third-order valence-electron chi connectivity index (χ3n) is 7.27. The summed E-state index contributed by atoms with van der Waals surface area (Å²) < 4.78 is 16.1. The van der Waals surface area contributed by atoms with Gasteiger partial charge >= 0.3 is 6.03 Å². The first-order valence-electron chi connectivity index (χ1n) is 12.4. The van der Waals surface area contributed by atoms with Crippen molar-refractivity contribution < 1.29 is 19.0 Å². The van der Waals surface area contributed by atoms with E-state index in [9.17, 15) is 4.79 Å². The van der Waals surface area contributed by atoms with Gasteiger partial charge in [-0.25, -0.2) is 4.79 Å². The van der Waals surface area contributed by atoms with Crippen LogP contribution in [0.15, 0.2) is 36.4 Å². The van der Waals surface area contributed by atoms with Gasteiger partial charge in [0, 0.05) is 29.2 Å². The van der Waals surface area contributed by atoms with Gasteiger partial charge in [0.1, 0.15) is 0 Å². The van der Waals surface area contributed by atoms with Crippen LogP contribution in [0.2, 0.25) is 5.02 Å². The highest BCUT2D eigenvalue weighted by Gasteiger charge is 2.35. The second-order valence-electron chi connectivity index (χ2n) is 9.43. The first-order chi connectivity index (χ1) is 17.0. The summed E-state index contributed by atoms with van der Waals surface area (Å²) in [5.41, 5.74) is 1.95. The lowest BCUT2D eigenvalue weighted by Crippen LogP contribution is -2.52. The molecule has 2 atom stereocenters. The zero-order valence-corrected chi connectivity index (χ0v) is 22.8. The van der Waals surface area contributed by atoms with Crippen LogP contribution < -0.4 is 24.8 Å². The normalized spacial score (nSPS) is 20.3. The Kier molecular flexibility index (Phi) is 10.4. The summed E-state index contributed by atoms with van der Waals surface area (Å²) in [6.45, 7) is 2.16. The average molecular weight is 539 g/mol. The molecule has 1 saturated carbocycles. The second kappa shape index (κ2) is 13.3. The van der Waals surface area contributed by atoms with E-state index in [-0.39, 0.29) is 24.5 Å². The number of piperidine rings is 1. The number of anilines is 1. The molecule has 2 amide bonds. The van der Waals surface area contributed by atoms with Gasteiger partial charge in [0.25, 0.3) is 0 Å². The van der Waals surface area contributed by atoms with E-state index in [0.717, 1.165) is 43.8 Å². The number of methoxy groups -OCH3 is 3. The molecule has 7 nitrogen and oxygen atoms in total. The number of urea groups is 1. The van der Waals surface area contributed by atoms with Gasteiger partial charge in [0.2, 0.25) is 5.75 Å². The number of hydrogen-bond acceptors (Lipinski definition) is 5. The molecule has 2 N–H and O–H groups in total. The summed E-state index contributed by atoms with van der Waals surface area (Å²) in [5, 5.41) is 6.94. The maximum absolute atomic E-state index is 12.9. The Morgan fingerprint density at radius 3 is 2.19 bits per heavy atom. The topological polar surface area (TPSA) is 72.1 Å². The molecule has 2 unspecified atom stereocenters. The fraction of sp³-hybridized carbons (Fsp3) is 0.519. The van der Waals surface area contributed by atoms with Crippen molar-refractivity contribution in [2.45, 2.75) is 50.6 Å². The number of benzene rings is 2. The molecular weight excluding hydrogens is 501 g/mol. The van der Waals surface area contributed by atoms with Gasteiger partial charge in [-0.05, 0) is 75.2 Å². The third kappa shape index (κ3) is 6.90. The predicted molar refractivity (Wildman–Crippen MR) is 146 cm³/mol. The van der Waals surface area contributed by atoms with Crippen LogP contribution in [-0.4, -0.2) is 57.4 Å². The van der Waals surface area contributed by atoms with E-state index in [1.165, 1.54) is 18.4 Å². The number of ether oxygens (including phenoxy) is 3. The van der Waals surface area contributed by atoms with Crippen LogP contribution in [0.3, 0.4) is 0 Å². The monoisotopic (exact) mass is 537 g/mol. The first kappa shape index (κ1) is 28.2. The van der Waals surface area contributed by atoms with Crippen molar-refractivity contribution in [1.29, 1.82) is 0 Å². The Labute approximate surface area is 225 Å². The summed E-state index contributed by atoms with van der Waals surface area (Å²) in [6.07, 6.45) is 6.72. The van der Waals surface area contributed by atoms with E-state index in [1.807, 2.05) is 12.1 Å².